The van der Waals surface area contributed by atoms with Crippen molar-refractivity contribution in [3.05, 3.63) is 0 Å². The van der Waals surface area contributed by atoms with Gasteiger partial charge in [0, 0.05) is 19.5 Å². The van der Waals surface area contributed by atoms with Gasteiger partial charge < -0.3 is 15.5 Å². The van der Waals surface area contributed by atoms with Crippen molar-refractivity contribution >= 4 is 5.91 Å². The van der Waals surface area contributed by atoms with E-state index in [-0.39, 0.29) is 5.91 Å². The van der Waals surface area contributed by atoms with Gasteiger partial charge in [0.1, 0.15) is 0 Å². The standard InChI is InChI=1S/C13H25N3O/c1-16-6-2-3-12(10-16)9-15-13(17)7-11-4-5-14-8-11/h11-12,14H,2-10H2,1H3,(H,15,17). The molecule has 98 valence electrons. The van der Waals surface area contributed by atoms with Crippen molar-refractivity contribution < 1.29 is 4.79 Å². The maximum Gasteiger partial charge on any atom is 0.220 e. The van der Waals surface area contributed by atoms with E-state index in [1.807, 2.05) is 0 Å². The minimum absolute atomic E-state index is 0.243. The van der Waals surface area contributed by atoms with Crippen LogP contribution in [0.2, 0.25) is 0 Å². The number of nitrogens with one attached hydrogen (secondary N) is 2. The van der Waals surface area contributed by atoms with E-state index in [9.17, 15) is 4.79 Å². The maximum atomic E-state index is 11.8. The van der Waals surface area contributed by atoms with E-state index < -0.39 is 0 Å². The summed E-state index contributed by atoms with van der Waals surface area (Å²) in [6, 6.07) is 0. The lowest BCUT2D eigenvalue weighted by Crippen LogP contribution is -2.39. The van der Waals surface area contributed by atoms with E-state index in [4.69, 9.17) is 0 Å². The number of piperidine rings is 1. The van der Waals surface area contributed by atoms with Crippen LogP contribution in [0.1, 0.15) is 25.7 Å². The molecule has 1 amide bonds. The molecule has 17 heavy (non-hydrogen) atoms. The summed E-state index contributed by atoms with van der Waals surface area (Å²) in [5, 5.41) is 6.41. The van der Waals surface area contributed by atoms with Crippen LogP contribution in [0.3, 0.4) is 0 Å². The molecule has 2 aliphatic rings. The molecule has 4 heteroatoms. The smallest absolute Gasteiger partial charge is 0.220 e. The van der Waals surface area contributed by atoms with Gasteiger partial charge in [0.2, 0.25) is 5.91 Å². The minimum atomic E-state index is 0.243. The lowest BCUT2D eigenvalue weighted by molar-refractivity contribution is -0.122. The van der Waals surface area contributed by atoms with Crippen molar-refractivity contribution in [2.75, 3.05) is 39.8 Å². The van der Waals surface area contributed by atoms with Crippen LogP contribution in [0, 0.1) is 11.8 Å². The topological polar surface area (TPSA) is 44.4 Å². The summed E-state index contributed by atoms with van der Waals surface area (Å²) in [4.78, 5) is 14.1. The van der Waals surface area contributed by atoms with Gasteiger partial charge in [-0.3, -0.25) is 4.79 Å². The average molecular weight is 239 g/mol. The molecule has 2 fully saturated rings. The Kier molecular flexibility index (Phi) is 4.80. The molecule has 0 aromatic heterocycles. The predicted octanol–water partition coefficient (Wildman–Crippen LogP) is 0.444. The van der Waals surface area contributed by atoms with E-state index in [0.717, 1.165) is 32.6 Å². The highest BCUT2D eigenvalue weighted by Crippen LogP contribution is 2.15. The van der Waals surface area contributed by atoms with Gasteiger partial charge in [0.25, 0.3) is 0 Å². The second-order valence-corrected chi connectivity index (χ2v) is 5.64. The second-order valence-electron chi connectivity index (χ2n) is 5.64. The van der Waals surface area contributed by atoms with Gasteiger partial charge in [-0.05, 0) is 57.8 Å². The minimum Gasteiger partial charge on any atom is -0.356 e. The monoisotopic (exact) mass is 239 g/mol. The van der Waals surface area contributed by atoms with Crippen molar-refractivity contribution in [1.82, 2.24) is 15.5 Å². The number of amides is 1. The molecule has 0 aliphatic carbocycles. The normalized spacial score (nSPS) is 30.4. The van der Waals surface area contributed by atoms with Gasteiger partial charge >= 0.3 is 0 Å². The Morgan fingerprint density at radius 2 is 2.29 bits per heavy atom. The third-order valence-corrected chi connectivity index (χ3v) is 3.95. The van der Waals surface area contributed by atoms with E-state index >= 15 is 0 Å². The highest BCUT2D eigenvalue weighted by Gasteiger charge is 2.20. The fourth-order valence-corrected chi connectivity index (χ4v) is 2.92. The first-order chi connectivity index (χ1) is 8.24. The molecule has 0 radical (unpaired) electrons. The van der Waals surface area contributed by atoms with Crippen molar-refractivity contribution in [1.29, 1.82) is 0 Å². The number of rotatable bonds is 4. The number of carbonyl (C=O) groups is 1. The summed E-state index contributed by atoms with van der Waals surface area (Å²) >= 11 is 0. The lowest BCUT2D eigenvalue weighted by Gasteiger charge is -2.29. The summed E-state index contributed by atoms with van der Waals surface area (Å²) in [7, 11) is 2.16. The zero-order chi connectivity index (χ0) is 12.1. The first kappa shape index (κ1) is 12.8. The Labute approximate surface area is 104 Å². The maximum absolute atomic E-state index is 11.8. The Hall–Kier alpha value is -0.610. The number of hydrogen-bond acceptors (Lipinski definition) is 3. The Bertz CT molecular complexity index is 251. The molecule has 2 saturated heterocycles. The summed E-state index contributed by atoms with van der Waals surface area (Å²) < 4.78 is 0. The van der Waals surface area contributed by atoms with Gasteiger partial charge in [0.05, 0.1) is 0 Å². The summed E-state index contributed by atoms with van der Waals surface area (Å²) in [5.41, 5.74) is 0. The van der Waals surface area contributed by atoms with Crippen LogP contribution in [0.4, 0.5) is 0 Å². The number of carbonyl (C=O) groups excluding carboxylic acids is 1. The van der Waals surface area contributed by atoms with Crippen LogP contribution in [0.15, 0.2) is 0 Å². The van der Waals surface area contributed by atoms with Crippen LogP contribution >= 0.6 is 0 Å². The molecule has 2 N–H and O–H groups in total. The molecule has 2 aliphatic heterocycles. The molecule has 4 nitrogen and oxygen atoms in total. The van der Waals surface area contributed by atoms with E-state index in [0.29, 0.717) is 18.3 Å². The molecule has 2 heterocycles. The highest BCUT2D eigenvalue weighted by molar-refractivity contribution is 5.76. The highest BCUT2D eigenvalue weighted by atomic mass is 16.1. The largest absolute Gasteiger partial charge is 0.356 e. The molecule has 0 aromatic rings. The SMILES string of the molecule is CN1CCCC(CNC(=O)CC2CCNC2)C1. The van der Waals surface area contributed by atoms with E-state index in [2.05, 4.69) is 22.6 Å². The van der Waals surface area contributed by atoms with Crippen LogP contribution < -0.4 is 10.6 Å². The second kappa shape index (κ2) is 6.36. The van der Waals surface area contributed by atoms with Gasteiger partial charge in [-0.25, -0.2) is 0 Å². The quantitative estimate of drug-likeness (QED) is 0.748. The zero-order valence-electron chi connectivity index (χ0n) is 10.9. The lowest BCUT2D eigenvalue weighted by atomic mass is 9.98. The van der Waals surface area contributed by atoms with Gasteiger partial charge in [-0.2, -0.15) is 0 Å². The number of likely N-dealkylation sites (tertiary alicyclic amines) is 1. The van der Waals surface area contributed by atoms with Crippen LogP contribution in [0.5, 0.6) is 0 Å². The molecule has 2 atom stereocenters. The van der Waals surface area contributed by atoms with Gasteiger partial charge in [0.15, 0.2) is 0 Å². The third-order valence-electron chi connectivity index (χ3n) is 3.95. The molecular weight excluding hydrogens is 214 g/mol. The predicted molar refractivity (Wildman–Crippen MR) is 68.8 cm³/mol. The fraction of sp³-hybridized carbons (Fsp3) is 0.923. The summed E-state index contributed by atoms with van der Waals surface area (Å²) in [6.07, 6.45) is 4.38. The Balaban J connectivity index is 1.61. The van der Waals surface area contributed by atoms with Gasteiger partial charge in [-0.1, -0.05) is 0 Å². The third kappa shape index (κ3) is 4.28. The van der Waals surface area contributed by atoms with E-state index in [1.54, 1.807) is 0 Å². The van der Waals surface area contributed by atoms with Crippen LogP contribution in [0.25, 0.3) is 0 Å². The molecule has 0 aromatic carbocycles. The molecular formula is C13H25N3O. The van der Waals surface area contributed by atoms with Crippen molar-refractivity contribution in [3.8, 4) is 0 Å². The number of hydrogen-bond donors (Lipinski definition) is 2. The molecule has 0 bridgehead atoms. The number of nitrogens with zero attached hydrogens (tertiary/aromatic N) is 1. The molecule has 0 spiro atoms. The summed E-state index contributed by atoms with van der Waals surface area (Å²) in [6.45, 7) is 5.29. The van der Waals surface area contributed by atoms with Crippen molar-refractivity contribution in [2.24, 2.45) is 11.8 Å². The van der Waals surface area contributed by atoms with Crippen LogP contribution in [-0.2, 0) is 4.79 Å². The average Bonchev–Trinajstić information content (AvgIpc) is 2.79. The van der Waals surface area contributed by atoms with E-state index in [1.165, 1.54) is 19.4 Å². The molecule has 2 rings (SSSR count). The molecule has 2 unspecified atom stereocenters. The fourth-order valence-electron chi connectivity index (χ4n) is 2.92. The van der Waals surface area contributed by atoms with Gasteiger partial charge in [-0.15, -0.1) is 0 Å². The van der Waals surface area contributed by atoms with Crippen molar-refractivity contribution in [2.45, 2.75) is 25.7 Å². The zero-order valence-corrected chi connectivity index (χ0v) is 10.9. The van der Waals surface area contributed by atoms with Crippen LogP contribution in [-0.4, -0.2) is 50.6 Å². The van der Waals surface area contributed by atoms with Crippen molar-refractivity contribution in [3.63, 3.8) is 0 Å². The summed E-state index contributed by atoms with van der Waals surface area (Å²) in [5.74, 6) is 1.45. The Morgan fingerprint density at radius 3 is 3.00 bits per heavy atom. The molecule has 0 saturated carbocycles. The first-order valence-electron chi connectivity index (χ1n) is 6.90. The first-order valence-corrected chi connectivity index (χ1v) is 6.90. The Morgan fingerprint density at radius 1 is 1.41 bits per heavy atom.